The van der Waals surface area contributed by atoms with Crippen LogP contribution in [0, 0.1) is 22.9 Å². The van der Waals surface area contributed by atoms with Crippen molar-refractivity contribution in [1.82, 2.24) is 0 Å². The smallest absolute Gasteiger partial charge is 0.292 e. The van der Waals surface area contributed by atoms with E-state index in [1.807, 2.05) is 19.1 Å². The molecule has 0 aromatic heterocycles. The summed E-state index contributed by atoms with van der Waals surface area (Å²) in [6.07, 6.45) is 1.89. The van der Waals surface area contributed by atoms with Crippen molar-refractivity contribution in [1.29, 1.82) is 0 Å². The van der Waals surface area contributed by atoms with Crippen LogP contribution < -0.4 is 5.73 Å². The predicted octanol–water partition coefficient (Wildman–Crippen LogP) is 6.25. The zero-order valence-electron chi connectivity index (χ0n) is 19.0. The van der Waals surface area contributed by atoms with Crippen molar-refractivity contribution in [3.63, 3.8) is 0 Å². The van der Waals surface area contributed by atoms with Gasteiger partial charge in [0.15, 0.2) is 0 Å². The molecular weight excluding hydrogens is 383 g/mol. The van der Waals surface area contributed by atoms with Crippen molar-refractivity contribution >= 4 is 17.2 Å². The van der Waals surface area contributed by atoms with Crippen LogP contribution in [0.5, 0.6) is 0 Å². The molecule has 0 fully saturated rings. The third-order valence-corrected chi connectivity index (χ3v) is 5.74. The molecule has 2 aromatic rings. The number of benzene rings is 2. The summed E-state index contributed by atoms with van der Waals surface area (Å²) in [7, 11) is 0. The number of halogens is 1. The van der Waals surface area contributed by atoms with Crippen molar-refractivity contribution < 1.29 is 14.1 Å². The minimum absolute atomic E-state index is 0.00569. The lowest BCUT2D eigenvalue weighted by Crippen LogP contribution is -2.27. The summed E-state index contributed by atoms with van der Waals surface area (Å²) in [5, 5.41) is 10.7. The molecule has 0 heterocycles. The standard InChI is InChI=1S/C12H17F.C12H16N2O3/c1-4-9(3)11-7-6-10(5-2)8-12(11)13;1-7-5-11(14(16)17)10(13)6-9(7)12(3,4)8(2)15/h6-9H,4-5H2,1-3H3;5-6H,13H2,1-4H3. The average Bonchev–Trinajstić information content (AvgIpc) is 2.68. The minimum atomic E-state index is -0.687. The molecule has 0 amide bonds. The van der Waals surface area contributed by atoms with Crippen LogP contribution in [0.2, 0.25) is 0 Å². The first-order valence-corrected chi connectivity index (χ1v) is 10.2. The zero-order chi connectivity index (χ0) is 23.2. The fourth-order valence-corrected chi connectivity index (χ4v) is 3.14. The molecule has 1 unspecified atom stereocenters. The molecule has 2 rings (SSSR count). The van der Waals surface area contributed by atoms with Crippen LogP contribution in [0.15, 0.2) is 30.3 Å². The van der Waals surface area contributed by atoms with Gasteiger partial charge in [-0.1, -0.05) is 32.9 Å². The molecule has 0 aliphatic carbocycles. The second kappa shape index (κ2) is 10.3. The topological polar surface area (TPSA) is 86.2 Å². The van der Waals surface area contributed by atoms with Crippen LogP contribution in [0.25, 0.3) is 0 Å². The van der Waals surface area contributed by atoms with Crippen LogP contribution in [-0.4, -0.2) is 10.7 Å². The third kappa shape index (κ3) is 5.88. The highest BCUT2D eigenvalue weighted by atomic mass is 19.1. The molecule has 0 bridgehead atoms. The van der Waals surface area contributed by atoms with E-state index in [0.717, 1.165) is 29.5 Å². The van der Waals surface area contributed by atoms with Gasteiger partial charge in [0.1, 0.15) is 17.3 Å². The van der Waals surface area contributed by atoms with E-state index < -0.39 is 10.3 Å². The number of ketones is 1. The number of nitrogen functional groups attached to an aromatic ring is 1. The van der Waals surface area contributed by atoms with Crippen LogP contribution in [0.4, 0.5) is 15.8 Å². The van der Waals surface area contributed by atoms with Gasteiger partial charge in [-0.3, -0.25) is 14.9 Å². The normalized spacial score (nSPS) is 12.0. The molecule has 164 valence electrons. The summed E-state index contributed by atoms with van der Waals surface area (Å²) >= 11 is 0. The highest BCUT2D eigenvalue weighted by molar-refractivity contribution is 5.88. The highest BCUT2D eigenvalue weighted by Gasteiger charge is 2.29. The quantitative estimate of drug-likeness (QED) is 0.342. The summed E-state index contributed by atoms with van der Waals surface area (Å²) in [4.78, 5) is 21.8. The van der Waals surface area contributed by atoms with Gasteiger partial charge < -0.3 is 5.73 Å². The van der Waals surface area contributed by atoms with Gasteiger partial charge in [0.25, 0.3) is 5.69 Å². The Kier molecular flexibility index (Phi) is 8.70. The lowest BCUT2D eigenvalue weighted by Gasteiger charge is -2.24. The Morgan fingerprint density at radius 1 is 1.23 bits per heavy atom. The Hall–Kier alpha value is -2.76. The Labute approximate surface area is 178 Å². The van der Waals surface area contributed by atoms with Gasteiger partial charge in [0, 0.05) is 11.5 Å². The Bertz CT molecular complexity index is 923. The SMILES string of the molecule is CC(=O)C(C)(C)c1cc(N)c([N+](=O)[O-])cc1C.CCc1ccc(C(C)CC)c(F)c1. The molecule has 30 heavy (non-hydrogen) atoms. The number of nitro groups is 1. The van der Waals surface area contributed by atoms with Crippen LogP contribution in [-0.2, 0) is 16.6 Å². The number of hydrogen-bond donors (Lipinski definition) is 1. The van der Waals surface area contributed by atoms with E-state index in [0.29, 0.717) is 11.5 Å². The van der Waals surface area contributed by atoms with E-state index in [-0.39, 0.29) is 23.0 Å². The highest BCUT2D eigenvalue weighted by Crippen LogP contribution is 2.33. The predicted molar refractivity (Wildman–Crippen MR) is 120 cm³/mol. The number of nitrogens with zero attached hydrogens (tertiary/aromatic N) is 1. The Morgan fingerprint density at radius 3 is 2.27 bits per heavy atom. The molecule has 2 N–H and O–H groups in total. The van der Waals surface area contributed by atoms with Crippen molar-refractivity contribution in [2.45, 2.75) is 72.6 Å². The largest absolute Gasteiger partial charge is 0.393 e. The molecule has 2 aromatic carbocycles. The number of carbonyl (C=O) groups is 1. The van der Waals surface area contributed by atoms with E-state index in [2.05, 4.69) is 13.8 Å². The number of hydrogen-bond acceptors (Lipinski definition) is 4. The van der Waals surface area contributed by atoms with Crippen molar-refractivity contribution in [2.24, 2.45) is 0 Å². The van der Waals surface area contributed by atoms with E-state index in [1.54, 1.807) is 26.8 Å². The molecule has 0 aliphatic heterocycles. The lowest BCUT2D eigenvalue weighted by molar-refractivity contribution is -0.384. The fourth-order valence-electron chi connectivity index (χ4n) is 3.14. The summed E-state index contributed by atoms with van der Waals surface area (Å²) < 4.78 is 13.5. The lowest BCUT2D eigenvalue weighted by atomic mass is 9.78. The van der Waals surface area contributed by atoms with Crippen molar-refractivity contribution in [3.8, 4) is 0 Å². The van der Waals surface area contributed by atoms with E-state index >= 15 is 0 Å². The van der Waals surface area contributed by atoms with Gasteiger partial charge in [-0.05, 0) is 80.8 Å². The van der Waals surface area contributed by atoms with Crippen LogP contribution in [0.3, 0.4) is 0 Å². The first-order valence-electron chi connectivity index (χ1n) is 10.2. The van der Waals surface area contributed by atoms with Crippen LogP contribution in [0.1, 0.15) is 76.1 Å². The van der Waals surface area contributed by atoms with E-state index in [4.69, 9.17) is 5.73 Å². The Morgan fingerprint density at radius 2 is 1.83 bits per heavy atom. The molecule has 6 heteroatoms. The number of rotatable bonds is 6. The number of Topliss-reactive ketones (excluding diaryl/α,β-unsaturated/α-hetero) is 1. The number of carbonyl (C=O) groups excluding carboxylic acids is 1. The van der Waals surface area contributed by atoms with Gasteiger partial charge >= 0.3 is 0 Å². The van der Waals surface area contributed by atoms with Crippen molar-refractivity contribution in [3.05, 3.63) is 68.5 Å². The average molecular weight is 417 g/mol. The molecule has 0 saturated carbocycles. The molecule has 0 saturated heterocycles. The maximum atomic E-state index is 13.5. The maximum Gasteiger partial charge on any atom is 0.292 e. The summed E-state index contributed by atoms with van der Waals surface area (Å²) in [6.45, 7) is 13.0. The third-order valence-electron chi connectivity index (χ3n) is 5.74. The van der Waals surface area contributed by atoms with Crippen molar-refractivity contribution in [2.75, 3.05) is 5.73 Å². The molecule has 0 spiro atoms. The number of nitrogens with two attached hydrogens (primary N) is 1. The van der Waals surface area contributed by atoms with Gasteiger partial charge in [-0.2, -0.15) is 0 Å². The van der Waals surface area contributed by atoms with Gasteiger partial charge in [-0.25, -0.2) is 4.39 Å². The van der Waals surface area contributed by atoms with Gasteiger partial charge in [-0.15, -0.1) is 0 Å². The molecule has 0 aliphatic rings. The second-order valence-electron chi connectivity index (χ2n) is 8.18. The second-order valence-corrected chi connectivity index (χ2v) is 8.18. The maximum absolute atomic E-state index is 13.5. The van der Waals surface area contributed by atoms with Gasteiger partial charge in [0.05, 0.1) is 4.92 Å². The number of nitro benzene ring substituents is 1. The first kappa shape index (κ1) is 25.3. The van der Waals surface area contributed by atoms with Crippen LogP contribution >= 0.6 is 0 Å². The van der Waals surface area contributed by atoms with E-state index in [9.17, 15) is 19.3 Å². The first-order chi connectivity index (χ1) is 13.9. The zero-order valence-corrected chi connectivity index (χ0v) is 19.0. The summed E-state index contributed by atoms with van der Waals surface area (Å²) in [5.41, 5.74) is 8.27. The molecule has 5 nitrogen and oxygen atoms in total. The molecule has 1 atom stereocenters. The molecular formula is C24H33FN2O3. The molecule has 0 radical (unpaired) electrons. The van der Waals surface area contributed by atoms with Gasteiger partial charge in [0.2, 0.25) is 0 Å². The Balaban J connectivity index is 0.000000311. The fraction of sp³-hybridized carbons (Fsp3) is 0.458. The number of aryl methyl sites for hydroxylation is 2. The van der Waals surface area contributed by atoms with E-state index in [1.165, 1.54) is 19.1 Å². The summed E-state index contributed by atoms with van der Waals surface area (Å²) in [5.74, 6) is 0.272. The minimum Gasteiger partial charge on any atom is -0.393 e. The number of anilines is 1. The summed E-state index contributed by atoms with van der Waals surface area (Å²) in [6, 6.07) is 8.53. The monoisotopic (exact) mass is 416 g/mol.